The number of fused-ring (bicyclic) bond motifs is 1. The number of benzene rings is 1. The molecule has 0 aliphatic heterocycles. The van der Waals surface area contributed by atoms with Crippen LogP contribution in [0.1, 0.15) is 5.56 Å². The predicted octanol–water partition coefficient (Wildman–Crippen LogP) is 1.51. The van der Waals surface area contributed by atoms with Gasteiger partial charge in [-0.3, -0.25) is 5.32 Å². The zero-order valence-corrected chi connectivity index (χ0v) is 12.1. The normalized spacial score (nSPS) is 10.8. The Hall–Kier alpha value is -2.94. The van der Waals surface area contributed by atoms with Crippen LogP contribution in [0.2, 0.25) is 0 Å². The Balaban J connectivity index is 2.21. The van der Waals surface area contributed by atoms with Crippen LogP contribution in [0.5, 0.6) is 5.75 Å². The molecule has 0 aliphatic rings. The molecule has 4 N–H and O–H groups in total. The number of nitrogens with one attached hydrogen (secondary N) is 1. The van der Waals surface area contributed by atoms with Crippen molar-refractivity contribution >= 4 is 34.3 Å². The molecule has 1 aromatic carbocycles. The number of hydrogen-bond donors (Lipinski definition) is 3. The van der Waals surface area contributed by atoms with Crippen molar-refractivity contribution in [3.63, 3.8) is 0 Å². The van der Waals surface area contributed by atoms with Crippen molar-refractivity contribution in [2.24, 2.45) is 5.73 Å². The van der Waals surface area contributed by atoms with Gasteiger partial charge in [0.15, 0.2) is 10.7 Å². The molecular formula is C13H10N4O4S. The SMILES string of the molecule is Cc1cccc2c(O)c(-c3nnc(NC(N)=S)o3)c(=O)oc12. The Kier molecular flexibility index (Phi) is 3.26. The van der Waals surface area contributed by atoms with E-state index in [9.17, 15) is 9.90 Å². The Morgan fingerprint density at radius 2 is 2.14 bits per heavy atom. The zero-order chi connectivity index (χ0) is 15.9. The van der Waals surface area contributed by atoms with Gasteiger partial charge < -0.3 is 19.7 Å². The molecule has 3 aromatic rings. The van der Waals surface area contributed by atoms with Crippen molar-refractivity contribution in [3.05, 3.63) is 34.2 Å². The molecule has 0 atom stereocenters. The van der Waals surface area contributed by atoms with E-state index in [0.717, 1.165) is 5.56 Å². The fourth-order valence-corrected chi connectivity index (χ4v) is 2.11. The third-order valence-electron chi connectivity index (χ3n) is 2.97. The number of anilines is 1. The van der Waals surface area contributed by atoms with E-state index in [0.29, 0.717) is 11.0 Å². The van der Waals surface area contributed by atoms with E-state index in [1.165, 1.54) is 0 Å². The first-order valence-corrected chi connectivity index (χ1v) is 6.54. The zero-order valence-electron chi connectivity index (χ0n) is 11.3. The van der Waals surface area contributed by atoms with Gasteiger partial charge in [-0.15, -0.1) is 5.10 Å². The molecule has 9 heteroatoms. The largest absolute Gasteiger partial charge is 0.506 e. The van der Waals surface area contributed by atoms with Crippen molar-refractivity contribution < 1.29 is 13.9 Å². The molecule has 2 heterocycles. The van der Waals surface area contributed by atoms with E-state index in [-0.39, 0.29) is 28.3 Å². The molecule has 0 bridgehead atoms. The third kappa shape index (κ3) is 2.27. The first-order valence-electron chi connectivity index (χ1n) is 6.13. The van der Waals surface area contributed by atoms with Crippen LogP contribution < -0.4 is 16.7 Å². The van der Waals surface area contributed by atoms with Crippen molar-refractivity contribution in [3.8, 4) is 17.2 Å². The number of aryl methyl sites for hydroxylation is 1. The maximum absolute atomic E-state index is 12.1. The molecular weight excluding hydrogens is 308 g/mol. The Morgan fingerprint density at radius 3 is 2.86 bits per heavy atom. The Morgan fingerprint density at radius 1 is 1.36 bits per heavy atom. The van der Waals surface area contributed by atoms with Crippen LogP contribution >= 0.6 is 12.2 Å². The number of hydrogen-bond acceptors (Lipinski definition) is 7. The van der Waals surface area contributed by atoms with Gasteiger partial charge in [-0.25, -0.2) is 4.79 Å². The minimum Gasteiger partial charge on any atom is -0.506 e. The molecule has 2 aromatic heterocycles. The number of rotatable bonds is 2. The number of para-hydroxylation sites is 1. The number of thiocarbonyl (C=S) groups is 1. The lowest BCUT2D eigenvalue weighted by atomic mass is 10.1. The fraction of sp³-hybridized carbons (Fsp3) is 0.0769. The number of aromatic nitrogens is 2. The molecule has 0 saturated carbocycles. The highest BCUT2D eigenvalue weighted by molar-refractivity contribution is 7.80. The average molecular weight is 318 g/mol. The van der Waals surface area contributed by atoms with Crippen molar-refractivity contribution in [1.82, 2.24) is 10.2 Å². The highest BCUT2D eigenvalue weighted by Gasteiger charge is 2.22. The fourth-order valence-electron chi connectivity index (χ4n) is 2.02. The summed E-state index contributed by atoms with van der Waals surface area (Å²) in [4.78, 5) is 12.1. The number of nitrogens with two attached hydrogens (primary N) is 1. The quantitative estimate of drug-likeness (QED) is 0.475. The van der Waals surface area contributed by atoms with Gasteiger partial charge in [0.1, 0.15) is 11.3 Å². The van der Waals surface area contributed by atoms with E-state index in [2.05, 4.69) is 27.7 Å². The molecule has 0 fully saturated rings. The molecule has 112 valence electrons. The second-order valence-electron chi connectivity index (χ2n) is 4.47. The molecule has 0 spiro atoms. The maximum Gasteiger partial charge on any atom is 0.353 e. The molecule has 0 unspecified atom stereocenters. The van der Waals surface area contributed by atoms with E-state index in [1.54, 1.807) is 25.1 Å². The molecule has 0 aliphatic carbocycles. The van der Waals surface area contributed by atoms with E-state index < -0.39 is 5.63 Å². The lowest BCUT2D eigenvalue weighted by Gasteiger charge is -2.05. The van der Waals surface area contributed by atoms with Gasteiger partial charge in [0, 0.05) is 0 Å². The molecule has 3 rings (SSSR count). The van der Waals surface area contributed by atoms with Crippen LogP contribution in [0.25, 0.3) is 22.4 Å². The second kappa shape index (κ2) is 5.11. The smallest absolute Gasteiger partial charge is 0.353 e. The highest BCUT2D eigenvalue weighted by atomic mass is 32.1. The van der Waals surface area contributed by atoms with E-state index >= 15 is 0 Å². The molecule has 0 radical (unpaired) electrons. The third-order valence-corrected chi connectivity index (χ3v) is 3.07. The summed E-state index contributed by atoms with van der Waals surface area (Å²) in [6.45, 7) is 1.77. The molecule has 22 heavy (non-hydrogen) atoms. The van der Waals surface area contributed by atoms with Gasteiger partial charge in [0.05, 0.1) is 5.39 Å². The van der Waals surface area contributed by atoms with Crippen LogP contribution in [0.3, 0.4) is 0 Å². The summed E-state index contributed by atoms with van der Waals surface area (Å²) < 4.78 is 10.4. The average Bonchev–Trinajstić information content (AvgIpc) is 2.87. The first kappa shape index (κ1) is 14.0. The van der Waals surface area contributed by atoms with Crippen molar-refractivity contribution in [2.45, 2.75) is 6.92 Å². The minimum atomic E-state index is -0.787. The lowest BCUT2D eigenvalue weighted by Crippen LogP contribution is -2.18. The predicted molar refractivity (Wildman–Crippen MR) is 82.6 cm³/mol. The summed E-state index contributed by atoms with van der Waals surface area (Å²) in [5.74, 6) is -0.492. The summed E-state index contributed by atoms with van der Waals surface area (Å²) in [5, 5.41) is 20.4. The monoisotopic (exact) mass is 318 g/mol. The van der Waals surface area contributed by atoms with Crippen LogP contribution in [0.15, 0.2) is 31.8 Å². The topological polar surface area (TPSA) is 127 Å². The van der Waals surface area contributed by atoms with Gasteiger partial charge in [-0.05, 0) is 30.8 Å². The van der Waals surface area contributed by atoms with Gasteiger partial charge in [-0.1, -0.05) is 17.2 Å². The van der Waals surface area contributed by atoms with Crippen molar-refractivity contribution in [1.29, 1.82) is 0 Å². The summed E-state index contributed by atoms with van der Waals surface area (Å²) in [6, 6.07) is 5.02. The molecule has 8 nitrogen and oxygen atoms in total. The highest BCUT2D eigenvalue weighted by Crippen LogP contribution is 2.33. The molecule has 0 amide bonds. The standard InChI is InChI=1S/C13H10N4O4S/c1-5-3-2-4-6-8(18)7(11(19)20-9(5)6)10-16-17-13(21-10)15-12(14)22/h2-4,18H,1H3,(H3,14,15,17,22). The summed E-state index contributed by atoms with van der Waals surface area (Å²) in [6.07, 6.45) is 0. The van der Waals surface area contributed by atoms with Crippen LogP contribution in [0.4, 0.5) is 6.01 Å². The van der Waals surface area contributed by atoms with E-state index in [1.807, 2.05) is 0 Å². The van der Waals surface area contributed by atoms with Crippen LogP contribution in [0, 0.1) is 6.92 Å². The van der Waals surface area contributed by atoms with Gasteiger partial charge in [0.2, 0.25) is 0 Å². The van der Waals surface area contributed by atoms with Gasteiger partial charge in [-0.2, -0.15) is 0 Å². The summed E-state index contributed by atoms with van der Waals surface area (Å²) in [7, 11) is 0. The minimum absolute atomic E-state index is 0.0689. The molecule has 0 saturated heterocycles. The first-order chi connectivity index (χ1) is 10.5. The second-order valence-corrected chi connectivity index (χ2v) is 4.91. The number of nitrogens with zero attached hydrogens (tertiary/aromatic N) is 2. The van der Waals surface area contributed by atoms with E-state index in [4.69, 9.17) is 14.6 Å². The maximum atomic E-state index is 12.1. The summed E-state index contributed by atoms with van der Waals surface area (Å²) >= 11 is 4.64. The Labute approximate surface area is 128 Å². The van der Waals surface area contributed by atoms with Gasteiger partial charge >= 0.3 is 11.6 Å². The summed E-state index contributed by atoms with van der Waals surface area (Å²) in [5.41, 5.74) is 5.30. The van der Waals surface area contributed by atoms with Gasteiger partial charge in [0.25, 0.3) is 5.89 Å². The number of aromatic hydroxyl groups is 1. The van der Waals surface area contributed by atoms with Crippen LogP contribution in [-0.4, -0.2) is 20.4 Å². The Bertz CT molecular complexity index is 947. The van der Waals surface area contributed by atoms with Crippen molar-refractivity contribution in [2.75, 3.05) is 5.32 Å². The lowest BCUT2D eigenvalue weighted by molar-refractivity contribution is 0.465. The van der Waals surface area contributed by atoms with Crippen LogP contribution in [-0.2, 0) is 0 Å².